The van der Waals surface area contributed by atoms with Crippen molar-refractivity contribution in [2.75, 3.05) is 18.0 Å². The summed E-state index contributed by atoms with van der Waals surface area (Å²) in [5, 5.41) is 27.2. The summed E-state index contributed by atoms with van der Waals surface area (Å²) in [4.78, 5) is 12.1. The summed E-state index contributed by atoms with van der Waals surface area (Å²) in [6.07, 6.45) is -0.361. The van der Waals surface area contributed by atoms with Crippen LogP contribution in [0.3, 0.4) is 0 Å². The fourth-order valence-electron chi connectivity index (χ4n) is 1.89. The fourth-order valence-corrected chi connectivity index (χ4v) is 1.89. The quantitative estimate of drug-likeness (QED) is 0.590. The number of nitro benzene ring substituents is 1. The van der Waals surface area contributed by atoms with Gasteiger partial charge < -0.3 is 10.0 Å². The number of benzene rings is 1. The molecule has 0 unspecified atom stereocenters. The van der Waals surface area contributed by atoms with Gasteiger partial charge in [0.2, 0.25) is 5.52 Å². The maximum atomic E-state index is 10.8. The van der Waals surface area contributed by atoms with E-state index in [2.05, 4.69) is 14.9 Å². The van der Waals surface area contributed by atoms with Crippen molar-refractivity contribution < 1.29 is 14.7 Å². The van der Waals surface area contributed by atoms with Crippen LogP contribution in [0.5, 0.6) is 0 Å². The van der Waals surface area contributed by atoms with Crippen molar-refractivity contribution in [3.05, 3.63) is 22.2 Å². The van der Waals surface area contributed by atoms with Gasteiger partial charge in [-0.15, -0.1) is 0 Å². The highest BCUT2D eigenvalue weighted by atomic mass is 16.6. The van der Waals surface area contributed by atoms with Crippen molar-refractivity contribution >= 4 is 22.4 Å². The molecule has 0 atom stereocenters. The molecule has 1 fully saturated rings. The number of hydrogen-bond acceptors (Lipinski definition) is 7. The highest BCUT2D eigenvalue weighted by molar-refractivity contribution is 5.94. The van der Waals surface area contributed by atoms with Crippen molar-refractivity contribution in [1.29, 1.82) is 0 Å². The molecule has 8 nitrogen and oxygen atoms in total. The zero-order valence-corrected chi connectivity index (χ0v) is 8.61. The molecule has 17 heavy (non-hydrogen) atoms. The van der Waals surface area contributed by atoms with Crippen LogP contribution in [0.25, 0.3) is 11.0 Å². The summed E-state index contributed by atoms with van der Waals surface area (Å²) < 4.78 is 4.55. The third-order valence-electron chi connectivity index (χ3n) is 2.77. The molecule has 0 amide bonds. The number of aliphatic hydroxyl groups excluding tert-OH is 1. The molecule has 2 heterocycles. The minimum Gasteiger partial charge on any atom is -0.389 e. The minimum atomic E-state index is -0.527. The molecule has 1 aliphatic heterocycles. The molecule has 0 radical (unpaired) electrons. The Kier molecular flexibility index (Phi) is 1.99. The molecule has 1 saturated heterocycles. The van der Waals surface area contributed by atoms with E-state index >= 15 is 0 Å². The summed E-state index contributed by atoms with van der Waals surface area (Å²) in [7, 11) is 0. The number of aromatic nitrogens is 2. The van der Waals surface area contributed by atoms with E-state index in [0.717, 1.165) is 0 Å². The molecule has 1 aromatic heterocycles. The number of aliphatic hydroxyl groups is 1. The summed E-state index contributed by atoms with van der Waals surface area (Å²) in [6.45, 7) is 0.972. The van der Waals surface area contributed by atoms with Gasteiger partial charge in [0.1, 0.15) is 0 Å². The highest BCUT2D eigenvalue weighted by Gasteiger charge is 2.29. The number of nitro groups is 1. The summed E-state index contributed by atoms with van der Waals surface area (Å²) in [6, 6.07) is 2.96. The van der Waals surface area contributed by atoms with E-state index in [4.69, 9.17) is 0 Å². The lowest BCUT2D eigenvalue weighted by Gasteiger charge is -2.37. The van der Waals surface area contributed by atoms with Gasteiger partial charge in [-0.2, -0.15) is 0 Å². The number of rotatable bonds is 2. The third kappa shape index (κ3) is 1.41. The van der Waals surface area contributed by atoms with Gasteiger partial charge in [-0.3, -0.25) is 10.1 Å². The average Bonchev–Trinajstić information content (AvgIpc) is 2.72. The lowest BCUT2D eigenvalue weighted by molar-refractivity contribution is -0.383. The minimum absolute atomic E-state index is 0.133. The molecule has 1 aromatic carbocycles. The van der Waals surface area contributed by atoms with Crippen LogP contribution in [0, 0.1) is 10.1 Å². The zero-order chi connectivity index (χ0) is 12.0. The maximum absolute atomic E-state index is 10.8. The standard InChI is InChI=1S/C9H8N4O4/c14-5-3-12(4-5)6-1-2-7(13(15)16)9-8(6)10-17-11-9/h1-2,5,14H,3-4H2. The van der Waals surface area contributed by atoms with Crippen molar-refractivity contribution in [3.8, 4) is 0 Å². The SMILES string of the molecule is O=[N+]([O-])c1ccc(N2CC(O)C2)c2nonc12. The molecule has 2 aromatic rings. The van der Waals surface area contributed by atoms with Gasteiger partial charge in [-0.1, -0.05) is 0 Å². The third-order valence-corrected chi connectivity index (χ3v) is 2.77. The largest absolute Gasteiger partial charge is 0.389 e. The molecule has 1 aliphatic rings. The summed E-state index contributed by atoms with van der Waals surface area (Å²) in [5.41, 5.74) is 1.04. The van der Waals surface area contributed by atoms with Gasteiger partial charge in [0.05, 0.1) is 16.7 Å². The molecule has 0 bridgehead atoms. The van der Waals surface area contributed by atoms with Gasteiger partial charge in [-0.05, 0) is 16.4 Å². The molecule has 88 valence electrons. The second-order valence-electron chi connectivity index (χ2n) is 3.88. The number of anilines is 1. The van der Waals surface area contributed by atoms with Crippen LogP contribution in [0.4, 0.5) is 11.4 Å². The zero-order valence-electron chi connectivity index (χ0n) is 8.61. The molecule has 3 rings (SSSR count). The van der Waals surface area contributed by atoms with E-state index < -0.39 is 4.92 Å². The maximum Gasteiger partial charge on any atom is 0.300 e. The van der Waals surface area contributed by atoms with Gasteiger partial charge in [0, 0.05) is 19.2 Å². The second kappa shape index (κ2) is 3.39. The van der Waals surface area contributed by atoms with E-state index in [1.54, 1.807) is 6.07 Å². The molecule has 0 aliphatic carbocycles. The lowest BCUT2D eigenvalue weighted by atomic mass is 10.1. The molecule has 8 heteroatoms. The van der Waals surface area contributed by atoms with Crippen molar-refractivity contribution in [2.45, 2.75) is 6.10 Å². The lowest BCUT2D eigenvalue weighted by Crippen LogP contribution is -2.50. The topological polar surface area (TPSA) is 106 Å². The number of β-amino-alcohol motifs (C(OH)–C–C–N with tert-alkyl or cyclic N) is 1. The first-order chi connectivity index (χ1) is 8.16. The predicted octanol–water partition coefficient (Wildman–Crippen LogP) is 0.312. The Labute approximate surface area is 94.5 Å². The van der Waals surface area contributed by atoms with E-state index in [9.17, 15) is 15.2 Å². The van der Waals surface area contributed by atoms with Crippen LogP contribution in [0.2, 0.25) is 0 Å². The van der Waals surface area contributed by atoms with Crippen LogP contribution >= 0.6 is 0 Å². The Morgan fingerprint density at radius 1 is 1.41 bits per heavy atom. The molecule has 0 spiro atoms. The van der Waals surface area contributed by atoms with E-state index in [-0.39, 0.29) is 17.3 Å². The normalized spacial score (nSPS) is 16.2. The van der Waals surface area contributed by atoms with Gasteiger partial charge >= 0.3 is 5.69 Å². The summed E-state index contributed by atoms with van der Waals surface area (Å²) >= 11 is 0. The molecule has 0 saturated carbocycles. The number of nitrogens with zero attached hydrogens (tertiary/aromatic N) is 4. The monoisotopic (exact) mass is 236 g/mol. The van der Waals surface area contributed by atoms with Crippen molar-refractivity contribution in [1.82, 2.24) is 10.3 Å². The van der Waals surface area contributed by atoms with Crippen LogP contribution in [0.1, 0.15) is 0 Å². The Hall–Kier alpha value is -2.22. The van der Waals surface area contributed by atoms with E-state index in [0.29, 0.717) is 24.3 Å². The first-order valence-electron chi connectivity index (χ1n) is 4.99. The van der Waals surface area contributed by atoms with Crippen LogP contribution in [0.15, 0.2) is 16.8 Å². The Bertz CT molecular complexity index is 590. The van der Waals surface area contributed by atoms with Crippen molar-refractivity contribution in [2.24, 2.45) is 0 Å². The van der Waals surface area contributed by atoms with E-state index in [1.807, 2.05) is 4.90 Å². The number of hydrogen-bond donors (Lipinski definition) is 1. The average molecular weight is 236 g/mol. The van der Waals surface area contributed by atoms with Crippen LogP contribution in [-0.4, -0.2) is 39.5 Å². The van der Waals surface area contributed by atoms with Crippen LogP contribution < -0.4 is 4.90 Å². The second-order valence-corrected chi connectivity index (χ2v) is 3.88. The molecular formula is C9H8N4O4. The fraction of sp³-hybridized carbons (Fsp3) is 0.333. The number of fused-ring (bicyclic) bond motifs is 1. The Morgan fingerprint density at radius 2 is 2.12 bits per heavy atom. The van der Waals surface area contributed by atoms with Crippen LogP contribution in [-0.2, 0) is 0 Å². The first kappa shape index (κ1) is 9.97. The van der Waals surface area contributed by atoms with Crippen molar-refractivity contribution in [3.63, 3.8) is 0 Å². The number of non-ortho nitro benzene ring substituents is 1. The first-order valence-corrected chi connectivity index (χ1v) is 4.99. The van der Waals surface area contributed by atoms with Gasteiger partial charge in [-0.25, -0.2) is 4.63 Å². The summed E-state index contributed by atoms with van der Waals surface area (Å²) in [5.74, 6) is 0. The smallest absolute Gasteiger partial charge is 0.300 e. The van der Waals surface area contributed by atoms with Gasteiger partial charge in [0.25, 0.3) is 0 Å². The highest BCUT2D eigenvalue weighted by Crippen LogP contribution is 2.33. The Balaban J connectivity index is 2.12. The molecule has 1 N–H and O–H groups in total. The van der Waals surface area contributed by atoms with E-state index in [1.165, 1.54) is 6.07 Å². The Morgan fingerprint density at radius 3 is 2.76 bits per heavy atom. The predicted molar refractivity (Wildman–Crippen MR) is 56.7 cm³/mol. The van der Waals surface area contributed by atoms with Gasteiger partial charge in [0.15, 0.2) is 5.52 Å². The molecular weight excluding hydrogens is 228 g/mol.